The molecule has 0 aliphatic heterocycles. The summed E-state index contributed by atoms with van der Waals surface area (Å²) in [5.41, 5.74) is 4.57. The van der Waals surface area contributed by atoms with Gasteiger partial charge in [-0.25, -0.2) is 0 Å². The summed E-state index contributed by atoms with van der Waals surface area (Å²) < 4.78 is 6.27. The molecule has 3 heteroatoms. The molecule has 2 rings (SSSR count). The van der Waals surface area contributed by atoms with Crippen molar-refractivity contribution >= 4 is 27.5 Å². The van der Waals surface area contributed by atoms with Gasteiger partial charge in [0, 0.05) is 4.47 Å². The lowest BCUT2D eigenvalue weighted by Crippen LogP contribution is -1.99. The van der Waals surface area contributed by atoms with Crippen molar-refractivity contribution in [3.05, 3.63) is 63.1 Å². The SMILES string of the molecule is COc1ccc(C(Cl)c2cc(Br)ccc2C)c(C)c1. The van der Waals surface area contributed by atoms with Crippen molar-refractivity contribution in [1.82, 2.24) is 0 Å². The van der Waals surface area contributed by atoms with Crippen LogP contribution in [-0.4, -0.2) is 7.11 Å². The zero-order chi connectivity index (χ0) is 14.0. The minimum absolute atomic E-state index is 0.150. The van der Waals surface area contributed by atoms with Crippen LogP contribution in [0.3, 0.4) is 0 Å². The van der Waals surface area contributed by atoms with Crippen LogP contribution in [-0.2, 0) is 0 Å². The Morgan fingerprint density at radius 3 is 2.37 bits per heavy atom. The molecule has 0 bridgehead atoms. The monoisotopic (exact) mass is 338 g/mol. The predicted molar refractivity (Wildman–Crippen MR) is 84.3 cm³/mol. The minimum Gasteiger partial charge on any atom is -0.497 e. The largest absolute Gasteiger partial charge is 0.497 e. The molecule has 0 amide bonds. The van der Waals surface area contributed by atoms with Crippen molar-refractivity contribution in [3.8, 4) is 5.75 Å². The molecule has 1 unspecified atom stereocenters. The summed E-state index contributed by atoms with van der Waals surface area (Å²) in [6.07, 6.45) is 0. The van der Waals surface area contributed by atoms with Crippen LogP contribution >= 0.6 is 27.5 Å². The standard InChI is InChI=1S/C16H16BrClO/c1-10-4-5-12(17)9-15(10)16(18)14-7-6-13(19-3)8-11(14)2/h4-9,16H,1-3H3. The Labute approximate surface area is 127 Å². The topological polar surface area (TPSA) is 9.23 Å². The van der Waals surface area contributed by atoms with Gasteiger partial charge in [0.05, 0.1) is 12.5 Å². The van der Waals surface area contributed by atoms with Crippen LogP contribution in [0.4, 0.5) is 0 Å². The van der Waals surface area contributed by atoms with Crippen LogP contribution < -0.4 is 4.74 Å². The van der Waals surface area contributed by atoms with Gasteiger partial charge < -0.3 is 4.74 Å². The summed E-state index contributed by atoms with van der Waals surface area (Å²) in [6.45, 7) is 4.14. The van der Waals surface area contributed by atoms with E-state index in [1.54, 1.807) is 7.11 Å². The van der Waals surface area contributed by atoms with Crippen LogP contribution in [0, 0.1) is 13.8 Å². The molecule has 0 spiro atoms. The number of hydrogen-bond donors (Lipinski definition) is 0. The first kappa shape index (κ1) is 14.4. The highest BCUT2D eigenvalue weighted by atomic mass is 79.9. The van der Waals surface area contributed by atoms with Gasteiger partial charge >= 0.3 is 0 Å². The first-order chi connectivity index (χ1) is 9.02. The van der Waals surface area contributed by atoms with Crippen molar-refractivity contribution in [2.75, 3.05) is 7.11 Å². The van der Waals surface area contributed by atoms with E-state index < -0.39 is 0 Å². The van der Waals surface area contributed by atoms with E-state index in [4.69, 9.17) is 16.3 Å². The maximum Gasteiger partial charge on any atom is 0.119 e. The second-order valence-corrected chi connectivity index (χ2v) is 5.94. The highest BCUT2D eigenvalue weighted by Gasteiger charge is 2.16. The van der Waals surface area contributed by atoms with Crippen molar-refractivity contribution in [1.29, 1.82) is 0 Å². The molecule has 0 aliphatic rings. The van der Waals surface area contributed by atoms with Crippen LogP contribution in [0.2, 0.25) is 0 Å². The average molecular weight is 340 g/mol. The van der Waals surface area contributed by atoms with Crippen LogP contribution in [0.5, 0.6) is 5.75 Å². The first-order valence-corrected chi connectivity index (χ1v) is 7.30. The molecule has 0 saturated carbocycles. The Bertz CT molecular complexity index is 595. The molecule has 0 aliphatic carbocycles. The lowest BCUT2D eigenvalue weighted by molar-refractivity contribution is 0.414. The van der Waals surface area contributed by atoms with Gasteiger partial charge in [-0.2, -0.15) is 0 Å². The Balaban J connectivity index is 2.43. The number of methoxy groups -OCH3 is 1. The molecule has 0 aromatic heterocycles. The quantitative estimate of drug-likeness (QED) is 0.680. The van der Waals surface area contributed by atoms with Gasteiger partial charge in [0.1, 0.15) is 5.75 Å². The Morgan fingerprint density at radius 1 is 1.00 bits per heavy atom. The molecule has 1 atom stereocenters. The summed E-state index contributed by atoms with van der Waals surface area (Å²) in [5.74, 6) is 0.857. The zero-order valence-electron chi connectivity index (χ0n) is 11.2. The second kappa shape index (κ2) is 5.98. The van der Waals surface area contributed by atoms with E-state index in [0.717, 1.165) is 26.9 Å². The summed E-state index contributed by atoms with van der Waals surface area (Å²) in [6, 6.07) is 12.2. The van der Waals surface area contributed by atoms with Crippen molar-refractivity contribution in [2.45, 2.75) is 19.2 Å². The lowest BCUT2D eigenvalue weighted by atomic mass is 9.97. The maximum atomic E-state index is 6.65. The summed E-state index contributed by atoms with van der Waals surface area (Å²) in [4.78, 5) is 0. The maximum absolute atomic E-state index is 6.65. The van der Waals surface area contributed by atoms with Gasteiger partial charge in [-0.1, -0.05) is 28.1 Å². The van der Waals surface area contributed by atoms with Gasteiger partial charge in [0.25, 0.3) is 0 Å². The van der Waals surface area contributed by atoms with Gasteiger partial charge in [-0.15, -0.1) is 11.6 Å². The summed E-state index contributed by atoms with van der Waals surface area (Å²) in [7, 11) is 1.67. The van der Waals surface area contributed by atoms with Crippen molar-refractivity contribution < 1.29 is 4.74 Å². The van der Waals surface area contributed by atoms with Gasteiger partial charge in [-0.05, 0) is 60.4 Å². The van der Waals surface area contributed by atoms with Gasteiger partial charge in [0.15, 0.2) is 0 Å². The molecule has 0 heterocycles. The number of ether oxygens (including phenoxy) is 1. The number of alkyl halides is 1. The van der Waals surface area contributed by atoms with E-state index in [0.29, 0.717) is 0 Å². The molecule has 19 heavy (non-hydrogen) atoms. The number of aryl methyl sites for hydroxylation is 2. The Hall–Kier alpha value is -0.990. The molecule has 0 fully saturated rings. The number of benzene rings is 2. The van der Waals surface area contributed by atoms with Gasteiger partial charge in [-0.3, -0.25) is 0 Å². The van der Waals surface area contributed by atoms with E-state index in [2.05, 4.69) is 41.9 Å². The van der Waals surface area contributed by atoms with E-state index in [9.17, 15) is 0 Å². The number of hydrogen-bond acceptors (Lipinski definition) is 1. The molecule has 0 radical (unpaired) electrons. The second-order valence-electron chi connectivity index (χ2n) is 4.59. The smallest absolute Gasteiger partial charge is 0.119 e. The van der Waals surface area contributed by atoms with Crippen LogP contribution in [0.1, 0.15) is 27.6 Å². The van der Waals surface area contributed by atoms with E-state index in [1.165, 1.54) is 5.56 Å². The fourth-order valence-corrected chi connectivity index (χ4v) is 2.97. The third kappa shape index (κ3) is 3.13. The van der Waals surface area contributed by atoms with Crippen molar-refractivity contribution in [3.63, 3.8) is 0 Å². The molecule has 1 nitrogen and oxygen atoms in total. The fourth-order valence-electron chi connectivity index (χ4n) is 2.11. The molecule has 0 saturated heterocycles. The molecule has 2 aromatic rings. The third-order valence-corrected chi connectivity index (χ3v) is 4.23. The predicted octanol–water partition coefficient (Wildman–Crippen LogP) is 5.40. The third-order valence-electron chi connectivity index (χ3n) is 3.26. The first-order valence-electron chi connectivity index (χ1n) is 6.07. The highest BCUT2D eigenvalue weighted by molar-refractivity contribution is 9.10. The van der Waals surface area contributed by atoms with Crippen LogP contribution in [0.25, 0.3) is 0 Å². The fraction of sp³-hybridized carbons (Fsp3) is 0.250. The van der Waals surface area contributed by atoms with Crippen molar-refractivity contribution in [2.24, 2.45) is 0 Å². The molecular formula is C16H16BrClO. The van der Waals surface area contributed by atoms with Gasteiger partial charge in [0.2, 0.25) is 0 Å². The zero-order valence-corrected chi connectivity index (χ0v) is 13.5. The number of rotatable bonds is 3. The Morgan fingerprint density at radius 2 is 1.74 bits per heavy atom. The summed E-state index contributed by atoms with van der Waals surface area (Å²) >= 11 is 10.1. The van der Waals surface area contributed by atoms with E-state index >= 15 is 0 Å². The summed E-state index contributed by atoms with van der Waals surface area (Å²) in [5, 5.41) is -0.150. The lowest BCUT2D eigenvalue weighted by Gasteiger charge is -2.16. The Kier molecular flexibility index (Phi) is 4.54. The average Bonchev–Trinajstić information content (AvgIpc) is 2.40. The molecule has 2 aromatic carbocycles. The number of halogens is 2. The minimum atomic E-state index is -0.150. The normalized spacial score (nSPS) is 12.3. The van der Waals surface area contributed by atoms with E-state index in [1.807, 2.05) is 24.3 Å². The van der Waals surface area contributed by atoms with Crippen LogP contribution in [0.15, 0.2) is 40.9 Å². The highest BCUT2D eigenvalue weighted by Crippen LogP contribution is 2.35. The van der Waals surface area contributed by atoms with E-state index in [-0.39, 0.29) is 5.38 Å². The molecule has 0 N–H and O–H groups in total. The molecular weight excluding hydrogens is 324 g/mol. The molecule has 100 valence electrons.